The van der Waals surface area contributed by atoms with Gasteiger partial charge in [-0.25, -0.2) is 9.78 Å². The second kappa shape index (κ2) is 7.29. The fraction of sp³-hybridized carbons (Fsp3) is 0.706. The summed E-state index contributed by atoms with van der Waals surface area (Å²) in [4.78, 5) is 35.2. The monoisotopic (exact) mass is 365 g/mol. The van der Waals surface area contributed by atoms with Crippen LogP contribution in [0.4, 0.5) is 4.79 Å². The lowest BCUT2D eigenvalue weighted by molar-refractivity contribution is -0.126. The first-order chi connectivity index (χ1) is 11.9. The zero-order valence-corrected chi connectivity index (χ0v) is 16.0. The van der Waals surface area contributed by atoms with Crippen molar-refractivity contribution in [3.8, 4) is 0 Å². The Morgan fingerprint density at radius 3 is 2.76 bits per heavy atom. The molecule has 1 aromatic heterocycles. The van der Waals surface area contributed by atoms with Gasteiger partial charge in [0.05, 0.1) is 6.54 Å². The number of aromatic nitrogens is 1. The van der Waals surface area contributed by atoms with Crippen LogP contribution < -0.4 is 5.32 Å². The largest absolute Gasteiger partial charge is 0.345 e. The molecule has 1 atom stereocenters. The minimum Gasteiger partial charge on any atom is -0.345 e. The number of urea groups is 1. The third kappa shape index (κ3) is 4.30. The molecule has 2 fully saturated rings. The van der Waals surface area contributed by atoms with Crippen LogP contribution in [0.15, 0.2) is 11.6 Å². The summed E-state index contributed by atoms with van der Waals surface area (Å²) in [5, 5.41) is 6.05. The van der Waals surface area contributed by atoms with Crippen LogP contribution in [0.2, 0.25) is 0 Å². The average Bonchev–Trinajstić information content (AvgIpc) is 3.06. The van der Waals surface area contributed by atoms with Gasteiger partial charge in [-0.2, -0.15) is 0 Å². The van der Waals surface area contributed by atoms with Gasteiger partial charge in [-0.05, 0) is 13.8 Å². The summed E-state index contributed by atoms with van der Waals surface area (Å²) in [6.45, 7) is 8.31. The number of nitrogens with one attached hydrogen (secondary N) is 1. The molecule has 2 saturated heterocycles. The average molecular weight is 366 g/mol. The summed E-state index contributed by atoms with van der Waals surface area (Å²) < 4.78 is 0. The Hall–Kier alpha value is -1.67. The number of hydrogen-bond acceptors (Lipinski definition) is 5. The third-order valence-electron chi connectivity index (χ3n) is 4.84. The van der Waals surface area contributed by atoms with E-state index in [1.807, 2.05) is 37.4 Å². The van der Waals surface area contributed by atoms with Crippen LogP contribution in [0.1, 0.15) is 25.3 Å². The standard InChI is InChI=1S/C17H27N5O2S/c1-13(2)19-16(24)22-6-5-21(9-14-18-4-7-25-14)11-17(12-22)8-15(23)20(3)10-17/h4,7,13H,5-6,8-12H2,1-3H3,(H,19,24)/t17-/m0/s1. The minimum atomic E-state index is -0.200. The highest BCUT2D eigenvalue weighted by Gasteiger charge is 2.46. The maximum absolute atomic E-state index is 12.6. The van der Waals surface area contributed by atoms with E-state index in [1.165, 1.54) is 0 Å². The Kier molecular flexibility index (Phi) is 5.29. The molecule has 0 aliphatic carbocycles. The molecule has 3 heterocycles. The van der Waals surface area contributed by atoms with E-state index in [1.54, 1.807) is 16.2 Å². The molecular formula is C17H27N5O2S. The number of nitrogens with zero attached hydrogens (tertiary/aromatic N) is 4. The topological polar surface area (TPSA) is 68.8 Å². The molecule has 3 rings (SSSR count). The van der Waals surface area contributed by atoms with Gasteiger partial charge in [0.2, 0.25) is 5.91 Å². The zero-order valence-electron chi connectivity index (χ0n) is 15.2. The molecular weight excluding hydrogens is 338 g/mol. The second-order valence-corrected chi connectivity index (χ2v) is 8.57. The number of thiazole rings is 1. The molecule has 3 amide bonds. The van der Waals surface area contributed by atoms with Gasteiger partial charge in [0.25, 0.3) is 0 Å². The highest BCUT2D eigenvalue weighted by Crippen LogP contribution is 2.35. The van der Waals surface area contributed by atoms with E-state index < -0.39 is 0 Å². The molecule has 7 nitrogen and oxygen atoms in total. The number of carbonyl (C=O) groups is 2. The van der Waals surface area contributed by atoms with E-state index in [4.69, 9.17) is 0 Å². The Labute approximate surface area is 153 Å². The van der Waals surface area contributed by atoms with E-state index in [-0.39, 0.29) is 23.4 Å². The van der Waals surface area contributed by atoms with E-state index in [9.17, 15) is 9.59 Å². The third-order valence-corrected chi connectivity index (χ3v) is 5.60. The van der Waals surface area contributed by atoms with Gasteiger partial charge >= 0.3 is 6.03 Å². The molecule has 2 aliphatic rings. The molecule has 1 N–H and O–H groups in total. The Balaban J connectivity index is 1.78. The normalized spacial score (nSPS) is 25.0. The van der Waals surface area contributed by atoms with E-state index >= 15 is 0 Å². The van der Waals surface area contributed by atoms with Crippen molar-refractivity contribution in [2.75, 3.05) is 39.8 Å². The van der Waals surface area contributed by atoms with Crippen molar-refractivity contribution >= 4 is 23.3 Å². The van der Waals surface area contributed by atoms with Crippen molar-refractivity contribution in [3.63, 3.8) is 0 Å². The Morgan fingerprint density at radius 2 is 2.16 bits per heavy atom. The van der Waals surface area contributed by atoms with Crippen molar-refractivity contribution in [1.29, 1.82) is 0 Å². The van der Waals surface area contributed by atoms with Gasteiger partial charge in [-0.1, -0.05) is 0 Å². The van der Waals surface area contributed by atoms with E-state index in [2.05, 4.69) is 15.2 Å². The van der Waals surface area contributed by atoms with Gasteiger partial charge in [-0.15, -0.1) is 11.3 Å². The van der Waals surface area contributed by atoms with Crippen LogP contribution in [-0.2, 0) is 11.3 Å². The molecule has 8 heteroatoms. The lowest BCUT2D eigenvalue weighted by Gasteiger charge is -2.33. The first kappa shape index (κ1) is 18.1. The van der Waals surface area contributed by atoms with Crippen LogP contribution in [0, 0.1) is 5.41 Å². The Morgan fingerprint density at radius 1 is 1.36 bits per heavy atom. The quantitative estimate of drug-likeness (QED) is 0.875. The fourth-order valence-electron chi connectivity index (χ4n) is 3.83. The van der Waals surface area contributed by atoms with E-state index in [0.29, 0.717) is 26.1 Å². The van der Waals surface area contributed by atoms with Gasteiger partial charge in [0.15, 0.2) is 0 Å². The van der Waals surface area contributed by atoms with Crippen LogP contribution in [0.3, 0.4) is 0 Å². The minimum absolute atomic E-state index is 0.0347. The molecule has 25 heavy (non-hydrogen) atoms. The zero-order chi connectivity index (χ0) is 18.0. The van der Waals surface area contributed by atoms with Crippen molar-refractivity contribution < 1.29 is 9.59 Å². The second-order valence-electron chi connectivity index (χ2n) is 7.59. The highest BCUT2D eigenvalue weighted by molar-refractivity contribution is 7.09. The number of amides is 3. The molecule has 1 spiro atoms. The molecule has 1 aromatic rings. The maximum Gasteiger partial charge on any atom is 0.317 e. The van der Waals surface area contributed by atoms with Crippen molar-refractivity contribution in [1.82, 2.24) is 25.0 Å². The maximum atomic E-state index is 12.6. The number of carbonyl (C=O) groups excluding carboxylic acids is 2. The summed E-state index contributed by atoms with van der Waals surface area (Å²) in [6.07, 6.45) is 2.33. The van der Waals surface area contributed by atoms with E-state index in [0.717, 1.165) is 24.6 Å². The summed E-state index contributed by atoms with van der Waals surface area (Å²) >= 11 is 1.65. The van der Waals surface area contributed by atoms with Gasteiger partial charge in [-0.3, -0.25) is 9.69 Å². The predicted molar refractivity (Wildman–Crippen MR) is 97.3 cm³/mol. The Bertz CT molecular complexity index is 621. The summed E-state index contributed by atoms with van der Waals surface area (Å²) in [6, 6.07) is 0.0680. The van der Waals surface area contributed by atoms with Crippen molar-refractivity contribution in [2.45, 2.75) is 32.9 Å². The molecule has 0 unspecified atom stereocenters. The summed E-state index contributed by atoms with van der Waals surface area (Å²) in [5.74, 6) is 0.167. The molecule has 0 saturated carbocycles. The summed E-state index contributed by atoms with van der Waals surface area (Å²) in [5.41, 5.74) is -0.200. The number of rotatable bonds is 3. The van der Waals surface area contributed by atoms with Gasteiger partial charge < -0.3 is 15.1 Å². The lowest BCUT2D eigenvalue weighted by atomic mass is 9.86. The van der Waals surface area contributed by atoms with Crippen LogP contribution in [0.5, 0.6) is 0 Å². The van der Waals surface area contributed by atoms with Crippen LogP contribution in [-0.4, -0.2) is 77.4 Å². The van der Waals surface area contributed by atoms with Gasteiger partial charge in [0, 0.05) is 69.2 Å². The first-order valence-corrected chi connectivity index (χ1v) is 9.65. The predicted octanol–water partition coefficient (Wildman–Crippen LogP) is 1.23. The molecule has 0 radical (unpaired) electrons. The summed E-state index contributed by atoms with van der Waals surface area (Å²) in [7, 11) is 1.85. The van der Waals surface area contributed by atoms with Gasteiger partial charge in [0.1, 0.15) is 5.01 Å². The SMILES string of the molecule is CC(C)NC(=O)N1CCN(Cc2nccs2)C[C@@]2(CC(=O)N(C)C2)C1. The smallest absolute Gasteiger partial charge is 0.317 e. The first-order valence-electron chi connectivity index (χ1n) is 8.77. The fourth-order valence-corrected chi connectivity index (χ4v) is 4.49. The molecule has 2 aliphatic heterocycles. The van der Waals surface area contributed by atoms with Crippen molar-refractivity contribution in [3.05, 3.63) is 16.6 Å². The van der Waals surface area contributed by atoms with Crippen molar-refractivity contribution in [2.24, 2.45) is 5.41 Å². The molecule has 138 valence electrons. The highest BCUT2D eigenvalue weighted by atomic mass is 32.1. The lowest BCUT2D eigenvalue weighted by Crippen LogP contribution is -2.48. The number of hydrogen-bond donors (Lipinski definition) is 1. The van der Waals surface area contributed by atoms with Crippen LogP contribution in [0.25, 0.3) is 0 Å². The number of likely N-dealkylation sites (tertiary alicyclic amines) is 1. The van der Waals surface area contributed by atoms with Crippen LogP contribution >= 0.6 is 11.3 Å². The molecule has 0 aromatic carbocycles. The molecule has 0 bridgehead atoms.